The number of hydrogen-bond donors (Lipinski definition) is 2. The number of ether oxygens (including phenoxy) is 1. The first kappa shape index (κ1) is 14.4. The largest absolute Gasteiger partial charge is 0.491 e. The molecule has 1 rings (SSSR count). The van der Waals surface area contributed by atoms with E-state index in [0.29, 0.717) is 29.5 Å². The zero-order chi connectivity index (χ0) is 13.7. The van der Waals surface area contributed by atoms with Crippen LogP contribution in [0, 0.1) is 5.92 Å². The molecule has 0 atom stereocenters. The summed E-state index contributed by atoms with van der Waals surface area (Å²) >= 11 is 0. The third kappa shape index (κ3) is 4.28. The summed E-state index contributed by atoms with van der Waals surface area (Å²) < 4.78 is 5.59. The van der Waals surface area contributed by atoms with E-state index in [1.807, 2.05) is 13.8 Å². The number of carbonyl (C=O) groups is 1. The van der Waals surface area contributed by atoms with Crippen molar-refractivity contribution in [3.8, 4) is 5.75 Å². The lowest BCUT2D eigenvalue weighted by Gasteiger charge is -2.13. The van der Waals surface area contributed by atoms with Crippen LogP contribution >= 0.6 is 0 Å². The third-order valence-corrected chi connectivity index (χ3v) is 2.27. The van der Waals surface area contributed by atoms with Crippen molar-refractivity contribution >= 4 is 11.6 Å². The highest BCUT2D eigenvalue weighted by Gasteiger charge is 2.10. The van der Waals surface area contributed by atoms with Gasteiger partial charge >= 0.3 is 0 Å². The van der Waals surface area contributed by atoms with E-state index in [4.69, 9.17) is 10.5 Å². The Kier molecular flexibility index (Phi) is 5.01. The van der Waals surface area contributed by atoms with E-state index >= 15 is 0 Å². The number of anilines is 1. The van der Waals surface area contributed by atoms with Crippen molar-refractivity contribution in [2.75, 3.05) is 12.3 Å². The average molecular weight is 250 g/mol. The zero-order valence-electron chi connectivity index (χ0n) is 11.5. The van der Waals surface area contributed by atoms with E-state index in [1.165, 1.54) is 0 Å². The predicted octanol–water partition coefficient (Wildman–Crippen LogP) is 2.44. The summed E-state index contributed by atoms with van der Waals surface area (Å²) in [6.07, 6.45) is 0. The lowest BCUT2D eigenvalue weighted by Crippen LogP contribution is -2.30. The zero-order valence-corrected chi connectivity index (χ0v) is 11.5. The van der Waals surface area contributed by atoms with Gasteiger partial charge in [-0.2, -0.15) is 0 Å². The number of amides is 1. The van der Waals surface area contributed by atoms with Crippen molar-refractivity contribution in [1.82, 2.24) is 5.32 Å². The molecule has 4 nitrogen and oxygen atoms in total. The molecule has 0 unspecified atom stereocenters. The normalized spacial score (nSPS) is 10.8. The van der Waals surface area contributed by atoms with Crippen LogP contribution in [0.1, 0.15) is 38.1 Å². The molecule has 1 aromatic carbocycles. The van der Waals surface area contributed by atoms with Crippen molar-refractivity contribution in [2.45, 2.75) is 33.7 Å². The van der Waals surface area contributed by atoms with E-state index in [1.54, 1.807) is 18.2 Å². The minimum absolute atomic E-state index is 0.107. The number of benzene rings is 1. The van der Waals surface area contributed by atoms with Gasteiger partial charge in [0.25, 0.3) is 5.91 Å². The molecule has 0 fully saturated rings. The lowest BCUT2D eigenvalue weighted by atomic mass is 10.1. The van der Waals surface area contributed by atoms with Gasteiger partial charge in [0, 0.05) is 11.6 Å². The summed E-state index contributed by atoms with van der Waals surface area (Å²) in [5.74, 6) is 0.872. The van der Waals surface area contributed by atoms with E-state index in [0.717, 1.165) is 0 Å². The van der Waals surface area contributed by atoms with Gasteiger partial charge in [-0.25, -0.2) is 0 Å². The highest BCUT2D eigenvalue weighted by atomic mass is 16.5. The molecular formula is C14H22N2O2. The van der Waals surface area contributed by atoms with Crippen LogP contribution in [0.5, 0.6) is 5.75 Å². The van der Waals surface area contributed by atoms with Crippen molar-refractivity contribution in [3.05, 3.63) is 23.8 Å². The Balaban J connectivity index is 2.83. The minimum Gasteiger partial charge on any atom is -0.491 e. The van der Waals surface area contributed by atoms with Gasteiger partial charge in [0.2, 0.25) is 0 Å². The SMILES string of the molecule is CC(C)COc1cc(C(=O)NC(C)C)ccc1N. The molecule has 0 radical (unpaired) electrons. The summed E-state index contributed by atoms with van der Waals surface area (Å²) in [6.45, 7) is 8.55. The highest BCUT2D eigenvalue weighted by Crippen LogP contribution is 2.23. The Morgan fingerprint density at radius 1 is 1.33 bits per heavy atom. The third-order valence-electron chi connectivity index (χ3n) is 2.27. The average Bonchev–Trinajstić information content (AvgIpc) is 2.26. The monoisotopic (exact) mass is 250 g/mol. The fraction of sp³-hybridized carbons (Fsp3) is 0.500. The summed E-state index contributed by atoms with van der Waals surface area (Å²) in [4.78, 5) is 11.8. The summed E-state index contributed by atoms with van der Waals surface area (Å²) in [7, 11) is 0. The molecule has 18 heavy (non-hydrogen) atoms. The minimum atomic E-state index is -0.112. The fourth-order valence-electron chi connectivity index (χ4n) is 1.40. The van der Waals surface area contributed by atoms with Crippen LogP contribution in [0.4, 0.5) is 5.69 Å². The van der Waals surface area contributed by atoms with Gasteiger partial charge in [0.05, 0.1) is 12.3 Å². The number of nitrogens with two attached hydrogens (primary N) is 1. The molecule has 3 N–H and O–H groups in total. The van der Waals surface area contributed by atoms with Crippen LogP contribution in [-0.4, -0.2) is 18.6 Å². The van der Waals surface area contributed by atoms with Gasteiger partial charge in [0.15, 0.2) is 0 Å². The molecule has 0 aliphatic heterocycles. The molecule has 4 heteroatoms. The molecule has 0 aliphatic rings. The molecular weight excluding hydrogens is 228 g/mol. The van der Waals surface area contributed by atoms with E-state index < -0.39 is 0 Å². The summed E-state index contributed by atoms with van der Waals surface area (Å²) in [6, 6.07) is 5.20. The second-order valence-corrected chi connectivity index (χ2v) is 5.09. The number of nitrogen functional groups attached to an aromatic ring is 1. The van der Waals surface area contributed by atoms with Crippen LogP contribution in [0.2, 0.25) is 0 Å². The van der Waals surface area contributed by atoms with Gasteiger partial charge in [-0.3, -0.25) is 4.79 Å². The Morgan fingerprint density at radius 3 is 2.56 bits per heavy atom. The van der Waals surface area contributed by atoms with Gasteiger partial charge < -0.3 is 15.8 Å². The number of rotatable bonds is 5. The van der Waals surface area contributed by atoms with Crippen LogP contribution in [0.3, 0.4) is 0 Å². The molecule has 100 valence electrons. The highest BCUT2D eigenvalue weighted by molar-refractivity contribution is 5.95. The quantitative estimate of drug-likeness (QED) is 0.789. The standard InChI is InChI=1S/C14H22N2O2/c1-9(2)8-18-13-7-11(5-6-12(13)15)14(17)16-10(3)4/h5-7,9-10H,8,15H2,1-4H3,(H,16,17). The molecule has 1 aromatic rings. The van der Waals surface area contributed by atoms with Crippen molar-refractivity contribution < 1.29 is 9.53 Å². The Labute approximate surface area is 109 Å². The summed E-state index contributed by atoms with van der Waals surface area (Å²) in [5.41, 5.74) is 6.94. The Hall–Kier alpha value is -1.71. The number of hydrogen-bond acceptors (Lipinski definition) is 3. The van der Waals surface area contributed by atoms with Gasteiger partial charge in [0.1, 0.15) is 5.75 Å². The van der Waals surface area contributed by atoms with Gasteiger partial charge in [-0.1, -0.05) is 13.8 Å². The summed E-state index contributed by atoms with van der Waals surface area (Å²) in [5, 5.41) is 2.84. The maximum atomic E-state index is 11.8. The van der Waals surface area contributed by atoms with Crippen molar-refractivity contribution in [3.63, 3.8) is 0 Å². The smallest absolute Gasteiger partial charge is 0.251 e. The molecule has 0 saturated carbocycles. The van der Waals surface area contributed by atoms with Gasteiger partial charge in [-0.15, -0.1) is 0 Å². The van der Waals surface area contributed by atoms with Crippen molar-refractivity contribution in [1.29, 1.82) is 0 Å². The van der Waals surface area contributed by atoms with Gasteiger partial charge in [-0.05, 0) is 38.0 Å². The predicted molar refractivity (Wildman–Crippen MR) is 73.8 cm³/mol. The van der Waals surface area contributed by atoms with Crippen LogP contribution in [0.15, 0.2) is 18.2 Å². The first-order chi connectivity index (χ1) is 8.40. The first-order valence-electron chi connectivity index (χ1n) is 6.23. The molecule has 0 saturated heterocycles. The molecule has 0 aromatic heterocycles. The van der Waals surface area contributed by atoms with E-state index in [-0.39, 0.29) is 11.9 Å². The second kappa shape index (κ2) is 6.28. The maximum Gasteiger partial charge on any atom is 0.251 e. The fourth-order valence-corrected chi connectivity index (χ4v) is 1.40. The van der Waals surface area contributed by atoms with E-state index in [9.17, 15) is 4.79 Å². The molecule has 0 aliphatic carbocycles. The Bertz CT molecular complexity index is 414. The van der Waals surface area contributed by atoms with Crippen LogP contribution in [-0.2, 0) is 0 Å². The van der Waals surface area contributed by atoms with Crippen molar-refractivity contribution in [2.24, 2.45) is 5.92 Å². The first-order valence-corrected chi connectivity index (χ1v) is 6.23. The molecule has 1 amide bonds. The van der Waals surface area contributed by atoms with Crippen LogP contribution < -0.4 is 15.8 Å². The molecule has 0 heterocycles. The van der Waals surface area contributed by atoms with E-state index in [2.05, 4.69) is 19.2 Å². The molecule has 0 bridgehead atoms. The van der Waals surface area contributed by atoms with Crippen LogP contribution in [0.25, 0.3) is 0 Å². The second-order valence-electron chi connectivity index (χ2n) is 5.09. The molecule has 0 spiro atoms. The Morgan fingerprint density at radius 2 is 2.00 bits per heavy atom. The topological polar surface area (TPSA) is 64.3 Å². The number of carbonyl (C=O) groups excluding carboxylic acids is 1. The number of nitrogens with one attached hydrogen (secondary N) is 1. The lowest BCUT2D eigenvalue weighted by molar-refractivity contribution is 0.0942. The maximum absolute atomic E-state index is 11.8.